The van der Waals surface area contributed by atoms with Crippen molar-refractivity contribution in [1.82, 2.24) is 9.55 Å². The first-order valence-electron chi connectivity index (χ1n) is 5.59. The summed E-state index contributed by atoms with van der Waals surface area (Å²) in [6.45, 7) is 2.18. The summed E-state index contributed by atoms with van der Waals surface area (Å²) < 4.78 is 1.81. The summed E-state index contributed by atoms with van der Waals surface area (Å²) in [6, 6.07) is 0.887. The Balaban J connectivity index is 1.87. The largest absolute Gasteiger partial charge is 0.362 e. The highest BCUT2D eigenvalue weighted by molar-refractivity contribution is 5.35. The van der Waals surface area contributed by atoms with E-state index in [0.29, 0.717) is 23.8 Å². The molecule has 2 aliphatic rings. The molecule has 2 fully saturated rings. The highest BCUT2D eigenvalue weighted by atomic mass is 16.1. The van der Waals surface area contributed by atoms with Gasteiger partial charge in [-0.1, -0.05) is 6.92 Å². The van der Waals surface area contributed by atoms with Gasteiger partial charge in [-0.2, -0.15) is 0 Å². The number of hydrogen-bond donors (Lipinski definition) is 1. The van der Waals surface area contributed by atoms with Crippen molar-refractivity contribution in [3.63, 3.8) is 0 Å². The molecular weight excluding hydrogens is 190 g/mol. The van der Waals surface area contributed by atoms with Crippen LogP contribution in [0.2, 0.25) is 0 Å². The molecule has 1 aromatic heterocycles. The first kappa shape index (κ1) is 8.95. The fourth-order valence-corrected chi connectivity index (χ4v) is 1.86. The van der Waals surface area contributed by atoms with Crippen LogP contribution in [0.3, 0.4) is 0 Å². The SMILES string of the molecule is CC1CC1Nc1nccn(C2CC2)c1=O. The Morgan fingerprint density at radius 1 is 1.53 bits per heavy atom. The molecule has 15 heavy (non-hydrogen) atoms. The van der Waals surface area contributed by atoms with E-state index in [1.165, 1.54) is 0 Å². The van der Waals surface area contributed by atoms with Crippen molar-refractivity contribution in [2.75, 3.05) is 5.32 Å². The highest BCUT2D eigenvalue weighted by Gasteiger charge is 2.34. The van der Waals surface area contributed by atoms with Crippen molar-refractivity contribution in [1.29, 1.82) is 0 Å². The minimum absolute atomic E-state index is 0.0408. The zero-order chi connectivity index (χ0) is 10.4. The summed E-state index contributed by atoms with van der Waals surface area (Å²) in [4.78, 5) is 16.1. The van der Waals surface area contributed by atoms with Gasteiger partial charge < -0.3 is 9.88 Å². The van der Waals surface area contributed by atoms with Gasteiger partial charge in [0.05, 0.1) is 0 Å². The maximum Gasteiger partial charge on any atom is 0.293 e. The summed E-state index contributed by atoms with van der Waals surface area (Å²) in [7, 11) is 0. The molecule has 0 amide bonds. The Morgan fingerprint density at radius 3 is 2.87 bits per heavy atom. The third kappa shape index (κ3) is 1.64. The van der Waals surface area contributed by atoms with Gasteiger partial charge in [-0.15, -0.1) is 0 Å². The Hall–Kier alpha value is -1.32. The number of rotatable bonds is 3. The molecule has 2 saturated carbocycles. The van der Waals surface area contributed by atoms with E-state index in [1.807, 2.05) is 4.57 Å². The lowest BCUT2D eigenvalue weighted by atomic mass is 10.4. The maximum absolute atomic E-state index is 12.0. The summed E-state index contributed by atoms with van der Waals surface area (Å²) in [5.41, 5.74) is 0.0408. The van der Waals surface area contributed by atoms with Crippen LogP contribution in [0.1, 0.15) is 32.2 Å². The van der Waals surface area contributed by atoms with E-state index in [1.54, 1.807) is 12.4 Å². The normalized spacial score (nSPS) is 28.9. The molecule has 0 radical (unpaired) electrons. The van der Waals surface area contributed by atoms with Crippen LogP contribution in [0.25, 0.3) is 0 Å². The molecule has 0 spiro atoms. The predicted molar refractivity (Wildman–Crippen MR) is 58.0 cm³/mol. The molecule has 0 saturated heterocycles. The van der Waals surface area contributed by atoms with Gasteiger partial charge in [0.1, 0.15) is 0 Å². The van der Waals surface area contributed by atoms with Crippen LogP contribution in [0, 0.1) is 5.92 Å². The monoisotopic (exact) mass is 205 g/mol. The molecule has 0 bridgehead atoms. The van der Waals surface area contributed by atoms with Crippen molar-refractivity contribution in [3.05, 3.63) is 22.7 Å². The average molecular weight is 205 g/mol. The maximum atomic E-state index is 12.0. The van der Waals surface area contributed by atoms with Crippen molar-refractivity contribution >= 4 is 5.82 Å². The minimum Gasteiger partial charge on any atom is -0.362 e. The molecule has 1 heterocycles. The van der Waals surface area contributed by atoms with Gasteiger partial charge in [-0.05, 0) is 25.2 Å². The van der Waals surface area contributed by atoms with Gasteiger partial charge in [0.2, 0.25) is 0 Å². The van der Waals surface area contributed by atoms with E-state index >= 15 is 0 Å². The fourth-order valence-electron chi connectivity index (χ4n) is 1.86. The van der Waals surface area contributed by atoms with E-state index in [9.17, 15) is 4.79 Å². The van der Waals surface area contributed by atoms with Crippen molar-refractivity contribution < 1.29 is 0 Å². The second kappa shape index (κ2) is 3.08. The minimum atomic E-state index is 0.0408. The second-order valence-corrected chi connectivity index (χ2v) is 4.68. The smallest absolute Gasteiger partial charge is 0.293 e. The van der Waals surface area contributed by atoms with Crippen LogP contribution < -0.4 is 10.9 Å². The summed E-state index contributed by atoms with van der Waals surface area (Å²) in [5, 5.41) is 3.21. The highest BCUT2D eigenvalue weighted by Crippen LogP contribution is 2.34. The quantitative estimate of drug-likeness (QED) is 0.811. The lowest BCUT2D eigenvalue weighted by Crippen LogP contribution is -2.24. The van der Waals surface area contributed by atoms with E-state index in [2.05, 4.69) is 17.2 Å². The lowest BCUT2D eigenvalue weighted by molar-refractivity contribution is 0.698. The number of aromatic nitrogens is 2. The molecule has 0 aliphatic heterocycles. The van der Waals surface area contributed by atoms with Gasteiger partial charge in [0.15, 0.2) is 5.82 Å². The van der Waals surface area contributed by atoms with Gasteiger partial charge in [-0.25, -0.2) is 4.98 Å². The molecule has 80 valence electrons. The van der Waals surface area contributed by atoms with Crippen LogP contribution in [0.4, 0.5) is 5.82 Å². The first-order valence-corrected chi connectivity index (χ1v) is 5.59. The standard InChI is InChI=1S/C11H15N3O/c1-7-6-9(7)13-10-11(15)14(5-4-12-10)8-2-3-8/h4-5,7-9H,2-3,6H2,1H3,(H,12,13). The van der Waals surface area contributed by atoms with Crippen LogP contribution in [0.15, 0.2) is 17.2 Å². The molecule has 2 unspecified atom stereocenters. The Kier molecular flexibility index (Phi) is 1.84. The molecule has 1 aromatic rings. The Morgan fingerprint density at radius 2 is 2.27 bits per heavy atom. The molecule has 4 heteroatoms. The summed E-state index contributed by atoms with van der Waals surface area (Å²) in [6.07, 6.45) is 6.92. The molecule has 4 nitrogen and oxygen atoms in total. The molecule has 1 N–H and O–H groups in total. The number of hydrogen-bond acceptors (Lipinski definition) is 3. The summed E-state index contributed by atoms with van der Waals surface area (Å²) in [5.74, 6) is 1.21. The zero-order valence-corrected chi connectivity index (χ0v) is 8.81. The van der Waals surface area contributed by atoms with Crippen LogP contribution in [0.5, 0.6) is 0 Å². The Bertz CT molecular complexity index is 436. The average Bonchev–Trinajstić information content (AvgIpc) is 3.08. The number of nitrogens with zero attached hydrogens (tertiary/aromatic N) is 2. The van der Waals surface area contributed by atoms with Crippen LogP contribution in [-0.2, 0) is 0 Å². The van der Waals surface area contributed by atoms with Gasteiger partial charge >= 0.3 is 0 Å². The Labute approximate surface area is 88.3 Å². The molecule has 2 atom stereocenters. The molecule has 2 aliphatic carbocycles. The number of anilines is 1. The van der Waals surface area contributed by atoms with E-state index in [0.717, 1.165) is 19.3 Å². The topological polar surface area (TPSA) is 46.9 Å². The summed E-state index contributed by atoms with van der Waals surface area (Å²) >= 11 is 0. The lowest BCUT2D eigenvalue weighted by Gasteiger charge is -2.07. The predicted octanol–water partition coefficient (Wildman–Crippen LogP) is 1.40. The van der Waals surface area contributed by atoms with Gasteiger partial charge in [-0.3, -0.25) is 4.79 Å². The zero-order valence-electron chi connectivity index (χ0n) is 8.81. The van der Waals surface area contributed by atoms with Crippen molar-refractivity contribution in [3.8, 4) is 0 Å². The van der Waals surface area contributed by atoms with Crippen LogP contribution >= 0.6 is 0 Å². The van der Waals surface area contributed by atoms with Gasteiger partial charge in [0, 0.05) is 24.5 Å². The van der Waals surface area contributed by atoms with Gasteiger partial charge in [0.25, 0.3) is 5.56 Å². The third-order valence-electron chi connectivity index (χ3n) is 3.24. The van der Waals surface area contributed by atoms with E-state index in [-0.39, 0.29) is 5.56 Å². The fraction of sp³-hybridized carbons (Fsp3) is 0.636. The van der Waals surface area contributed by atoms with E-state index in [4.69, 9.17) is 0 Å². The van der Waals surface area contributed by atoms with Crippen molar-refractivity contribution in [2.24, 2.45) is 5.92 Å². The number of nitrogens with one attached hydrogen (secondary N) is 1. The second-order valence-electron chi connectivity index (χ2n) is 4.68. The van der Waals surface area contributed by atoms with E-state index < -0.39 is 0 Å². The van der Waals surface area contributed by atoms with Crippen LogP contribution in [-0.4, -0.2) is 15.6 Å². The molecule has 3 rings (SSSR count). The molecular formula is C11H15N3O. The third-order valence-corrected chi connectivity index (χ3v) is 3.24. The molecule has 0 aromatic carbocycles. The first-order chi connectivity index (χ1) is 7.25. The van der Waals surface area contributed by atoms with Crippen molar-refractivity contribution in [2.45, 2.75) is 38.3 Å².